The van der Waals surface area contributed by atoms with Crippen molar-refractivity contribution in [3.8, 4) is 5.75 Å². The van der Waals surface area contributed by atoms with Crippen LogP contribution in [0.15, 0.2) is 48.5 Å². The quantitative estimate of drug-likeness (QED) is 0.870. The highest BCUT2D eigenvalue weighted by Crippen LogP contribution is 2.53. The number of fused-ring (bicyclic) bond motifs is 3. The predicted octanol–water partition coefficient (Wildman–Crippen LogP) is 4.62. The number of ether oxygens (including phenoxy) is 1. The average Bonchev–Trinajstić information content (AvgIpc) is 2.85. The molecule has 25 heavy (non-hydrogen) atoms. The Morgan fingerprint density at radius 2 is 2.00 bits per heavy atom. The van der Waals surface area contributed by atoms with E-state index in [4.69, 9.17) is 4.74 Å². The molecule has 0 spiro atoms. The zero-order valence-corrected chi connectivity index (χ0v) is 15.3. The molecule has 0 aromatic heterocycles. The minimum Gasteiger partial charge on any atom is -0.494 e. The summed E-state index contributed by atoms with van der Waals surface area (Å²) >= 11 is 1.76. The Hall–Kier alpha value is -1.94. The molecule has 4 rings (SSSR count). The Morgan fingerprint density at radius 3 is 2.80 bits per heavy atom. The van der Waals surface area contributed by atoms with E-state index in [1.165, 1.54) is 11.1 Å². The van der Waals surface area contributed by atoms with Gasteiger partial charge in [0.15, 0.2) is 0 Å². The van der Waals surface area contributed by atoms with Gasteiger partial charge in [-0.1, -0.05) is 24.3 Å². The van der Waals surface area contributed by atoms with Gasteiger partial charge in [-0.2, -0.15) is 0 Å². The maximum absolute atomic E-state index is 12.6. The molecule has 1 aliphatic carbocycles. The molecule has 0 unspecified atom stereocenters. The number of benzene rings is 2. The van der Waals surface area contributed by atoms with Crippen LogP contribution >= 0.6 is 11.8 Å². The van der Waals surface area contributed by atoms with Gasteiger partial charge in [-0.3, -0.25) is 4.79 Å². The summed E-state index contributed by atoms with van der Waals surface area (Å²) in [6.45, 7) is 2.65. The third-order valence-electron chi connectivity index (χ3n) is 5.17. The van der Waals surface area contributed by atoms with E-state index in [9.17, 15) is 4.79 Å². The van der Waals surface area contributed by atoms with Crippen molar-refractivity contribution in [2.75, 3.05) is 17.7 Å². The third kappa shape index (κ3) is 2.93. The number of carbonyl (C=O) groups excluding carboxylic acids is 1. The topological polar surface area (TPSA) is 38.3 Å². The lowest BCUT2D eigenvalue weighted by Gasteiger charge is -2.36. The second-order valence-corrected chi connectivity index (χ2v) is 7.90. The van der Waals surface area contributed by atoms with Gasteiger partial charge < -0.3 is 10.1 Å². The molecule has 130 valence electrons. The lowest BCUT2D eigenvalue weighted by molar-refractivity contribution is -0.120. The number of rotatable bonds is 4. The summed E-state index contributed by atoms with van der Waals surface area (Å²) in [4.78, 5) is 12.3. The SMILES string of the molecule is CCOc1ccc(N[C@@]23SCC(=O)[C@H]2CCCc2ccccc23)cc1. The van der Waals surface area contributed by atoms with Crippen molar-refractivity contribution >= 4 is 23.2 Å². The van der Waals surface area contributed by atoms with E-state index in [0.717, 1.165) is 30.7 Å². The molecular weight excluding hydrogens is 330 g/mol. The van der Waals surface area contributed by atoms with Gasteiger partial charge in [-0.05, 0) is 61.6 Å². The minimum absolute atomic E-state index is 0.0349. The molecule has 1 aliphatic heterocycles. The second kappa shape index (κ2) is 6.75. The van der Waals surface area contributed by atoms with Gasteiger partial charge in [0.05, 0.1) is 18.3 Å². The fourth-order valence-corrected chi connectivity index (χ4v) is 5.61. The zero-order valence-electron chi connectivity index (χ0n) is 14.5. The Morgan fingerprint density at radius 1 is 1.20 bits per heavy atom. The van der Waals surface area contributed by atoms with E-state index in [-0.39, 0.29) is 10.8 Å². The van der Waals surface area contributed by atoms with Crippen molar-refractivity contribution in [1.29, 1.82) is 0 Å². The van der Waals surface area contributed by atoms with Gasteiger partial charge in [-0.15, -0.1) is 11.8 Å². The van der Waals surface area contributed by atoms with Crippen LogP contribution in [0.2, 0.25) is 0 Å². The first-order valence-corrected chi connectivity index (χ1v) is 9.97. The van der Waals surface area contributed by atoms with Crippen molar-refractivity contribution in [3.63, 3.8) is 0 Å². The van der Waals surface area contributed by atoms with Crippen LogP contribution in [0.1, 0.15) is 30.9 Å². The van der Waals surface area contributed by atoms with E-state index in [1.807, 2.05) is 31.2 Å². The van der Waals surface area contributed by atoms with Crippen molar-refractivity contribution < 1.29 is 9.53 Å². The van der Waals surface area contributed by atoms with E-state index in [0.29, 0.717) is 18.1 Å². The number of hydrogen-bond acceptors (Lipinski definition) is 4. The molecule has 1 saturated heterocycles. The van der Waals surface area contributed by atoms with E-state index in [2.05, 4.69) is 29.6 Å². The van der Waals surface area contributed by atoms with Crippen LogP contribution in [0, 0.1) is 5.92 Å². The first-order valence-electron chi connectivity index (χ1n) is 8.99. The molecule has 3 nitrogen and oxygen atoms in total. The smallest absolute Gasteiger partial charge is 0.149 e. The highest BCUT2D eigenvalue weighted by Gasteiger charge is 2.51. The Labute approximate surface area is 153 Å². The van der Waals surface area contributed by atoms with Crippen LogP contribution in [-0.4, -0.2) is 18.1 Å². The van der Waals surface area contributed by atoms with Crippen LogP contribution in [0.4, 0.5) is 5.69 Å². The molecule has 0 bridgehead atoms. The van der Waals surface area contributed by atoms with Crippen LogP contribution in [0.25, 0.3) is 0 Å². The Bertz CT molecular complexity index is 774. The summed E-state index contributed by atoms with van der Waals surface area (Å²) in [6.07, 6.45) is 3.07. The maximum atomic E-state index is 12.6. The molecule has 0 amide bonds. The number of aryl methyl sites for hydroxylation is 1. The molecule has 1 fully saturated rings. The summed E-state index contributed by atoms with van der Waals surface area (Å²) in [5, 5.41) is 3.74. The highest BCUT2D eigenvalue weighted by molar-refractivity contribution is 8.01. The monoisotopic (exact) mass is 353 g/mol. The molecule has 2 aromatic rings. The number of nitrogens with one attached hydrogen (secondary N) is 1. The average molecular weight is 353 g/mol. The van der Waals surface area contributed by atoms with Gasteiger partial charge in [-0.25, -0.2) is 0 Å². The van der Waals surface area contributed by atoms with Crippen molar-refractivity contribution in [2.24, 2.45) is 5.92 Å². The van der Waals surface area contributed by atoms with Crippen molar-refractivity contribution in [2.45, 2.75) is 31.1 Å². The fraction of sp³-hybridized carbons (Fsp3) is 0.381. The standard InChI is InChI=1S/C21H23NO2S/c1-2-24-17-12-10-16(11-13-17)22-21-18-8-4-3-6-15(18)7-5-9-19(21)20(23)14-25-21/h3-4,6,8,10-13,19,22H,2,5,7,9,14H2,1H3/t19-,21+/m1/s1. The predicted molar refractivity (Wildman–Crippen MR) is 103 cm³/mol. The summed E-state index contributed by atoms with van der Waals surface area (Å²) in [5.41, 5.74) is 3.68. The molecule has 1 N–H and O–H groups in total. The summed E-state index contributed by atoms with van der Waals surface area (Å²) in [6, 6.07) is 16.7. The fourth-order valence-electron chi connectivity index (χ4n) is 4.05. The molecule has 2 aromatic carbocycles. The lowest BCUT2D eigenvalue weighted by Crippen LogP contribution is -2.38. The number of thioether (sulfide) groups is 1. The maximum Gasteiger partial charge on any atom is 0.149 e. The lowest BCUT2D eigenvalue weighted by atomic mass is 9.87. The number of anilines is 1. The van der Waals surface area contributed by atoms with Gasteiger partial charge in [0.2, 0.25) is 0 Å². The molecule has 2 atom stereocenters. The van der Waals surface area contributed by atoms with Gasteiger partial charge in [0.1, 0.15) is 16.4 Å². The Kier molecular flexibility index (Phi) is 4.46. The second-order valence-electron chi connectivity index (χ2n) is 6.67. The largest absolute Gasteiger partial charge is 0.494 e. The van der Waals surface area contributed by atoms with Gasteiger partial charge in [0.25, 0.3) is 0 Å². The number of hydrogen-bond donors (Lipinski definition) is 1. The van der Waals surface area contributed by atoms with Gasteiger partial charge in [0, 0.05) is 5.69 Å². The van der Waals surface area contributed by atoms with Crippen molar-refractivity contribution in [1.82, 2.24) is 0 Å². The zero-order chi connectivity index (χ0) is 17.3. The first-order chi connectivity index (χ1) is 12.2. The minimum atomic E-state index is -0.350. The molecular formula is C21H23NO2S. The highest BCUT2D eigenvalue weighted by atomic mass is 32.2. The van der Waals surface area contributed by atoms with Crippen LogP contribution in [-0.2, 0) is 16.1 Å². The van der Waals surface area contributed by atoms with Gasteiger partial charge >= 0.3 is 0 Å². The van der Waals surface area contributed by atoms with Crippen molar-refractivity contribution in [3.05, 3.63) is 59.7 Å². The normalized spacial score (nSPS) is 25.0. The van der Waals surface area contributed by atoms with Crippen LogP contribution in [0.5, 0.6) is 5.75 Å². The molecule has 0 saturated carbocycles. The Balaban J connectivity index is 1.74. The van der Waals surface area contributed by atoms with E-state index < -0.39 is 0 Å². The number of ketones is 1. The summed E-state index contributed by atoms with van der Waals surface area (Å²) < 4.78 is 5.54. The van der Waals surface area contributed by atoms with Crippen LogP contribution in [0.3, 0.4) is 0 Å². The molecule has 1 heterocycles. The first kappa shape index (κ1) is 16.5. The molecule has 0 radical (unpaired) electrons. The number of carbonyl (C=O) groups is 1. The summed E-state index contributed by atoms with van der Waals surface area (Å²) in [5.74, 6) is 1.87. The summed E-state index contributed by atoms with van der Waals surface area (Å²) in [7, 11) is 0. The third-order valence-corrected chi connectivity index (χ3v) is 6.66. The number of Topliss-reactive ketones (excluding diaryl/α,β-unsaturated/α-hetero) is 1. The van der Waals surface area contributed by atoms with Crippen LogP contribution < -0.4 is 10.1 Å². The van der Waals surface area contributed by atoms with E-state index >= 15 is 0 Å². The van der Waals surface area contributed by atoms with E-state index in [1.54, 1.807) is 11.8 Å². The molecule has 4 heteroatoms. The molecule has 2 aliphatic rings.